The molecule has 0 aliphatic carbocycles. The first-order chi connectivity index (χ1) is 9.10. The molecule has 1 amide bonds. The molecule has 0 saturated carbocycles. The van der Waals surface area contributed by atoms with Crippen LogP contribution in [0.15, 0.2) is 42.5 Å². The summed E-state index contributed by atoms with van der Waals surface area (Å²) in [6.45, 7) is 1.97. The molecule has 0 heterocycles. The Morgan fingerprint density at radius 1 is 1.11 bits per heavy atom. The fraction of sp³-hybridized carbons (Fsp3) is 0.133. The molecule has 0 aliphatic heterocycles. The van der Waals surface area contributed by atoms with Crippen molar-refractivity contribution in [3.05, 3.63) is 65.2 Å². The summed E-state index contributed by atoms with van der Waals surface area (Å²) in [6, 6.07) is 10.1. The van der Waals surface area contributed by atoms with Crippen LogP contribution in [0, 0.1) is 11.6 Å². The Balaban J connectivity index is 2.25. The van der Waals surface area contributed by atoms with Crippen LogP contribution >= 0.6 is 0 Å². The van der Waals surface area contributed by atoms with Crippen molar-refractivity contribution in [1.82, 2.24) is 0 Å². The molecule has 4 heteroatoms. The van der Waals surface area contributed by atoms with Gasteiger partial charge >= 0.3 is 0 Å². The van der Waals surface area contributed by atoms with Crippen molar-refractivity contribution in [2.75, 3.05) is 5.32 Å². The van der Waals surface area contributed by atoms with Crippen LogP contribution in [0.5, 0.6) is 0 Å². The van der Waals surface area contributed by atoms with Crippen molar-refractivity contribution in [2.45, 2.75) is 13.3 Å². The van der Waals surface area contributed by atoms with Gasteiger partial charge in [0.1, 0.15) is 11.6 Å². The van der Waals surface area contributed by atoms with Gasteiger partial charge in [-0.3, -0.25) is 4.79 Å². The maximum Gasteiger partial charge on any atom is 0.255 e. The number of benzene rings is 2. The Kier molecular flexibility index (Phi) is 3.90. The van der Waals surface area contributed by atoms with Crippen LogP contribution in [-0.4, -0.2) is 5.91 Å². The minimum atomic E-state index is -0.770. The second kappa shape index (κ2) is 5.61. The Bertz CT molecular complexity index is 591. The number of carbonyl (C=O) groups is 1. The van der Waals surface area contributed by atoms with Gasteiger partial charge < -0.3 is 5.32 Å². The summed E-state index contributed by atoms with van der Waals surface area (Å²) in [5.74, 6) is -2.07. The van der Waals surface area contributed by atoms with Crippen molar-refractivity contribution in [2.24, 2.45) is 0 Å². The second-order valence-corrected chi connectivity index (χ2v) is 4.12. The molecule has 0 atom stereocenters. The normalized spacial score (nSPS) is 10.3. The predicted molar refractivity (Wildman–Crippen MR) is 70.1 cm³/mol. The number of amides is 1. The summed E-state index contributed by atoms with van der Waals surface area (Å²) in [4.78, 5) is 11.9. The molecule has 0 radical (unpaired) electrons. The van der Waals surface area contributed by atoms with E-state index in [2.05, 4.69) is 5.32 Å². The van der Waals surface area contributed by atoms with E-state index in [0.717, 1.165) is 30.2 Å². The van der Waals surface area contributed by atoms with E-state index >= 15 is 0 Å². The first-order valence-corrected chi connectivity index (χ1v) is 5.95. The molecule has 2 aromatic rings. The van der Waals surface area contributed by atoms with Crippen LogP contribution in [0.4, 0.5) is 14.5 Å². The topological polar surface area (TPSA) is 29.1 Å². The van der Waals surface area contributed by atoms with Gasteiger partial charge in [0, 0.05) is 17.3 Å². The number of aryl methyl sites for hydroxylation is 1. The summed E-state index contributed by atoms with van der Waals surface area (Å²) in [7, 11) is 0. The van der Waals surface area contributed by atoms with Gasteiger partial charge in [-0.25, -0.2) is 8.78 Å². The van der Waals surface area contributed by atoms with Gasteiger partial charge in [-0.05, 0) is 30.2 Å². The summed E-state index contributed by atoms with van der Waals surface area (Å²) >= 11 is 0. The lowest BCUT2D eigenvalue weighted by molar-refractivity contribution is 0.102. The molecule has 0 aromatic heterocycles. The lowest BCUT2D eigenvalue weighted by atomic mass is 10.1. The quantitative estimate of drug-likeness (QED) is 0.895. The molecule has 2 aromatic carbocycles. The molecule has 0 aliphatic rings. The van der Waals surface area contributed by atoms with E-state index in [4.69, 9.17) is 0 Å². The van der Waals surface area contributed by atoms with Crippen LogP contribution in [0.25, 0.3) is 0 Å². The van der Waals surface area contributed by atoms with E-state index in [9.17, 15) is 13.6 Å². The molecule has 0 fully saturated rings. The number of nitrogens with one attached hydrogen (secondary N) is 1. The highest BCUT2D eigenvalue weighted by Crippen LogP contribution is 2.17. The number of hydrogen-bond acceptors (Lipinski definition) is 1. The third kappa shape index (κ3) is 3.16. The monoisotopic (exact) mass is 261 g/mol. The van der Waals surface area contributed by atoms with Gasteiger partial charge in [0.05, 0.1) is 0 Å². The highest BCUT2D eigenvalue weighted by Gasteiger charge is 2.10. The molecule has 1 N–H and O–H groups in total. The number of para-hydroxylation sites is 1. The molecule has 0 saturated heterocycles. The lowest BCUT2D eigenvalue weighted by Crippen LogP contribution is -2.13. The second-order valence-electron chi connectivity index (χ2n) is 4.12. The van der Waals surface area contributed by atoms with Crippen molar-refractivity contribution in [1.29, 1.82) is 0 Å². The smallest absolute Gasteiger partial charge is 0.255 e. The predicted octanol–water partition coefficient (Wildman–Crippen LogP) is 3.78. The average molecular weight is 261 g/mol. The molecule has 19 heavy (non-hydrogen) atoms. The number of rotatable bonds is 3. The zero-order chi connectivity index (χ0) is 13.8. The minimum Gasteiger partial charge on any atom is -0.322 e. The van der Waals surface area contributed by atoms with Gasteiger partial charge in [-0.1, -0.05) is 25.1 Å². The van der Waals surface area contributed by atoms with Gasteiger partial charge in [0.15, 0.2) is 0 Å². The van der Waals surface area contributed by atoms with Crippen LogP contribution in [0.3, 0.4) is 0 Å². The largest absolute Gasteiger partial charge is 0.322 e. The van der Waals surface area contributed by atoms with Crippen molar-refractivity contribution < 1.29 is 13.6 Å². The Morgan fingerprint density at radius 2 is 1.74 bits per heavy atom. The van der Waals surface area contributed by atoms with Crippen molar-refractivity contribution in [3.63, 3.8) is 0 Å². The molecule has 2 nitrogen and oxygen atoms in total. The molecule has 2 rings (SSSR count). The minimum absolute atomic E-state index is 0.0385. The third-order valence-corrected chi connectivity index (χ3v) is 2.77. The Labute approximate surface area is 110 Å². The van der Waals surface area contributed by atoms with Gasteiger partial charge in [-0.15, -0.1) is 0 Å². The molecule has 0 spiro atoms. The average Bonchev–Trinajstić information content (AvgIpc) is 2.38. The highest BCUT2D eigenvalue weighted by molar-refractivity contribution is 6.04. The summed E-state index contributed by atoms with van der Waals surface area (Å²) in [6.07, 6.45) is 0.758. The van der Waals surface area contributed by atoms with E-state index in [1.54, 1.807) is 12.1 Å². The molecule has 0 bridgehead atoms. The van der Waals surface area contributed by atoms with E-state index in [1.165, 1.54) is 0 Å². The van der Waals surface area contributed by atoms with Crippen LogP contribution in [0.2, 0.25) is 0 Å². The van der Waals surface area contributed by atoms with Gasteiger partial charge in [0.2, 0.25) is 0 Å². The molecule has 0 unspecified atom stereocenters. The number of hydrogen-bond donors (Lipinski definition) is 1. The van der Waals surface area contributed by atoms with Crippen molar-refractivity contribution in [3.8, 4) is 0 Å². The summed E-state index contributed by atoms with van der Waals surface area (Å²) in [5, 5.41) is 2.66. The van der Waals surface area contributed by atoms with E-state index in [0.29, 0.717) is 5.69 Å². The third-order valence-electron chi connectivity index (χ3n) is 2.77. The van der Waals surface area contributed by atoms with E-state index < -0.39 is 17.5 Å². The fourth-order valence-electron chi connectivity index (χ4n) is 1.83. The van der Waals surface area contributed by atoms with Gasteiger partial charge in [-0.2, -0.15) is 0 Å². The standard InChI is InChI=1S/C15H13F2NO/c1-2-10-5-3-4-6-14(10)18-15(19)11-7-12(16)9-13(17)8-11/h3-9H,2H2,1H3,(H,18,19). The Hall–Kier alpha value is -2.23. The summed E-state index contributed by atoms with van der Waals surface area (Å²) < 4.78 is 26.1. The first kappa shape index (κ1) is 13.2. The maximum absolute atomic E-state index is 13.1. The zero-order valence-corrected chi connectivity index (χ0v) is 10.4. The molecule has 98 valence electrons. The maximum atomic E-state index is 13.1. The number of anilines is 1. The van der Waals surface area contributed by atoms with Crippen LogP contribution < -0.4 is 5.32 Å². The van der Waals surface area contributed by atoms with E-state index in [-0.39, 0.29) is 5.56 Å². The summed E-state index contributed by atoms with van der Waals surface area (Å²) in [5.41, 5.74) is 1.58. The highest BCUT2D eigenvalue weighted by atomic mass is 19.1. The number of carbonyl (C=O) groups excluding carboxylic acids is 1. The van der Waals surface area contributed by atoms with Crippen molar-refractivity contribution >= 4 is 11.6 Å². The van der Waals surface area contributed by atoms with Crippen LogP contribution in [0.1, 0.15) is 22.8 Å². The zero-order valence-electron chi connectivity index (χ0n) is 10.4. The lowest BCUT2D eigenvalue weighted by Gasteiger charge is -2.09. The van der Waals surface area contributed by atoms with E-state index in [1.807, 2.05) is 19.1 Å². The first-order valence-electron chi connectivity index (χ1n) is 5.95. The molecular formula is C15H13F2NO. The Morgan fingerprint density at radius 3 is 2.37 bits per heavy atom. The van der Waals surface area contributed by atoms with Gasteiger partial charge in [0.25, 0.3) is 5.91 Å². The molecular weight excluding hydrogens is 248 g/mol. The SMILES string of the molecule is CCc1ccccc1NC(=O)c1cc(F)cc(F)c1. The van der Waals surface area contributed by atoms with Crippen LogP contribution in [-0.2, 0) is 6.42 Å². The fourth-order valence-corrected chi connectivity index (χ4v) is 1.83. The number of halogens is 2.